The van der Waals surface area contributed by atoms with E-state index in [4.69, 9.17) is 23.2 Å². The molecular formula is C18H26Cl3NOS. The fourth-order valence-electron chi connectivity index (χ4n) is 3.09. The molecule has 0 aromatic heterocycles. The standard InChI is InChI=1S/C18H25Cl2NOS.ClH/c1-3-21(4-2)10-11-23-13-17(22)18(8-5-9-18)14-6-7-15(19)16(20)12-14;/h6-7,12H,3-5,8-11,13H2,1-2H3;1H. The molecule has 1 fully saturated rings. The predicted molar refractivity (Wildman–Crippen MR) is 109 cm³/mol. The zero-order chi connectivity index (χ0) is 16.9. The first kappa shape index (κ1) is 22.1. The van der Waals surface area contributed by atoms with Gasteiger partial charge in [0.2, 0.25) is 0 Å². The Kier molecular flexibility index (Phi) is 9.47. The first-order valence-corrected chi connectivity index (χ1v) is 10.2. The van der Waals surface area contributed by atoms with Gasteiger partial charge in [0, 0.05) is 12.3 Å². The number of hydrogen-bond donors (Lipinski definition) is 0. The van der Waals surface area contributed by atoms with Crippen molar-refractivity contribution in [3.63, 3.8) is 0 Å². The molecule has 1 aliphatic rings. The second-order valence-electron chi connectivity index (χ2n) is 6.07. The summed E-state index contributed by atoms with van der Waals surface area (Å²) in [5.41, 5.74) is 0.712. The molecule has 1 aromatic carbocycles. The van der Waals surface area contributed by atoms with Gasteiger partial charge in [-0.15, -0.1) is 12.4 Å². The van der Waals surface area contributed by atoms with Gasteiger partial charge in [0.1, 0.15) is 0 Å². The highest BCUT2D eigenvalue weighted by Crippen LogP contribution is 2.46. The van der Waals surface area contributed by atoms with Gasteiger partial charge in [0.25, 0.3) is 0 Å². The van der Waals surface area contributed by atoms with Crippen LogP contribution in [0.25, 0.3) is 0 Å². The smallest absolute Gasteiger partial charge is 0.153 e. The number of carbonyl (C=O) groups excluding carboxylic acids is 1. The Morgan fingerprint density at radius 3 is 2.38 bits per heavy atom. The quantitative estimate of drug-likeness (QED) is 0.503. The van der Waals surface area contributed by atoms with Gasteiger partial charge in [-0.3, -0.25) is 4.79 Å². The molecule has 2 rings (SSSR count). The second-order valence-corrected chi connectivity index (χ2v) is 7.99. The summed E-state index contributed by atoms with van der Waals surface area (Å²) in [6.45, 7) is 7.53. The average molecular weight is 411 g/mol. The third kappa shape index (κ3) is 5.04. The number of Topliss-reactive ketones (excluding diaryl/α,β-unsaturated/α-hetero) is 1. The Balaban J connectivity index is 0.00000288. The fourth-order valence-corrected chi connectivity index (χ4v) is 4.38. The lowest BCUT2D eigenvalue weighted by Gasteiger charge is -2.41. The average Bonchev–Trinajstić information content (AvgIpc) is 2.50. The van der Waals surface area contributed by atoms with Crippen molar-refractivity contribution in [3.8, 4) is 0 Å². The number of halogens is 3. The summed E-state index contributed by atoms with van der Waals surface area (Å²) in [5.74, 6) is 1.93. The topological polar surface area (TPSA) is 20.3 Å². The van der Waals surface area contributed by atoms with E-state index >= 15 is 0 Å². The molecule has 0 bridgehead atoms. The number of nitrogens with zero attached hydrogens (tertiary/aromatic N) is 1. The van der Waals surface area contributed by atoms with Gasteiger partial charge in [-0.1, -0.05) is 49.5 Å². The van der Waals surface area contributed by atoms with E-state index < -0.39 is 0 Å². The van der Waals surface area contributed by atoms with Crippen LogP contribution in [0, 0.1) is 0 Å². The van der Waals surface area contributed by atoms with Crippen molar-refractivity contribution in [2.45, 2.75) is 38.5 Å². The van der Waals surface area contributed by atoms with E-state index in [1.54, 1.807) is 17.8 Å². The van der Waals surface area contributed by atoms with E-state index in [1.165, 1.54) is 0 Å². The second kappa shape index (κ2) is 10.3. The molecule has 0 radical (unpaired) electrons. The zero-order valence-corrected chi connectivity index (χ0v) is 17.5. The molecule has 1 saturated carbocycles. The van der Waals surface area contributed by atoms with Gasteiger partial charge in [-0.2, -0.15) is 11.8 Å². The van der Waals surface area contributed by atoms with Crippen molar-refractivity contribution in [1.29, 1.82) is 0 Å². The molecule has 6 heteroatoms. The first-order valence-electron chi connectivity index (χ1n) is 8.32. The van der Waals surface area contributed by atoms with Crippen LogP contribution >= 0.6 is 47.4 Å². The van der Waals surface area contributed by atoms with E-state index in [0.717, 1.165) is 50.2 Å². The van der Waals surface area contributed by atoms with Crippen LogP contribution in [0.4, 0.5) is 0 Å². The van der Waals surface area contributed by atoms with Crippen molar-refractivity contribution in [2.24, 2.45) is 0 Å². The molecule has 2 nitrogen and oxygen atoms in total. The summed E-state index contributed by atoms with van der Waals surface area (Å²) in [4.78, 5) is 15.2. The van der Waals surface area contributed by atoms with Gasteiger partial charge < -0.3 is 4.90 Å². The Hall–Kier alpha value is 0.0700. The first-order chi connectivity index (χ1) is 11.0. The maximum absolute atomic E-state index is 12.8. The maximum Gasteiger partial charge on any atom is 0.153 e. The molecule has 0 spiro atoms. The minimum absolute atomic E-state index is 0. The van der Waals surface area contributed by atoms with Gasteiger partial charge in [0.05, 0.1) is 21.2 Å². The highest BCUT2D eigenvalue weighted by atomic mass is 35.5. The van der Waals surface area contributed by atoms with Crippen LogP contribution in [0.15, 0.2) is 18.2 Å². The SMILES string of the molecule is CCN(CC)CCSCC(=O)C1(c2ccc(Cl)c(Cl)c2)CCC1.Cl. The highest BCUT2D eigenvalue weighted by Gasteiger charge is 2.44. The minimum atomic E-state index is -0.323. The Bertz CT molecular complexity index is 545. The summed E-state index contributed by atoms with van der Waals surface area (Å²) in [7, 11) is 0. The number of carbonyl (C=O) groups is 1. The molecule has 0 amide bonds. The lowest BCUT2D eigenvalue weighted by Crippen LogP contribution is -2.43. The van der Waals surface area contributed by atoms with Crippen LogP contribution in [-0.2, 0) is 10.2 Å². The third-order valence-electron chi connectivity index (χ3n) is 4.89. The van der Waals surface area contributed by atoms with Gasteiger partial charge >= 0.3 is 0 Å². The van der Waals surface area contributed by atoms with Crippen LogP contribution in [0.2, 0.25) is 10.0 Å². The van der Waals surface area contributed by atoms with Gasteiger partial charge in [-0.25, -0.2) is 0 Å². The summed E-state index contributed by atoms with van der Waals surface area (Å²) < 4.78 is 0. The molecule has 1 aromatic rings. The normalized spacial score (nSPS) is 15.7. The maximum atomic E-state index is 12.8. The summed E-state index contributed by atoms with van der Waals surface area (Å²) in [6.07, 6.45) is 2.97. The van der Waals surface area contributed by atoms with Crippen molar-refractivity contribution in [3.05, 3.63) is 33.8 Å². The number of thioether (sulfide) groups is 1. The summed E-state index contributed by atoms with van der Waals surface area (Å²) in [5, 5.41) is 1.09. The predicted octanol–water partition coefficient (Wildman–Crippen LogP) is 5.48. The number of hydrogen-bond acceptors (Lipinski definition) is 3. The van der Waals surface area contributed by atoms with Crippen LogP contribution in [0.5, 0.6) is 0 Å². The van der Waals surface area contributed by atoms with Crippen molar-refractivity contribution < 1.29 is 4.79 Å². The monoisotopic (exact) mass is 409 g/mol. The molecule has 0 aliphatic heterocycles. The molecular weight excluding hydrogens is 385 g/mol. The Labute approximate surface area is 166 Å². The minimum Gasteiger partial charge on any atom is -0.303 e. The molecule has 0 heterocycles. The number of rotatable bonds is 9. The lowest BCUT2D eigenvalue weighted by molar-refractivity contribution is -0.125. The van der Waals surface area contributed by atoms with Crippen molar-refractivity contribution in [2.75, 3.05) is 31.1 Å². The van der Waals surface area contributed by atoms with Crippen molar-refractivity contribution in [1.82, 2.24) is 4.90 Å². The van der Waals surface area contributed by atoms with Crippen LogP contribution in [-0.4, -0.2) is 41.8 Å². The molecule has 1 aliphatic carbocycles. The van der Waals surface area contributed by atoms with E-state index in [9.17, 15) is 4.79 Å². The number of benzene rings is 1. The summed E-state index contributed by atoms with van der Waals surface area (Å²) in [6, 6.07) is 5.65. The van der Waals surface area contributed by atoms with E-state index in [2.05, 4.69) is 18.7 Å². The van der Waals surface area contributed by atoms with Crippen LogP contribution < -0.4 is 0 Å². The zero-order valence-electron chi connectivity index (χ0n) is 14.3. The molecule has 0 N–H and O–H groups in total. The Morgan fingerprint density at radius 1 is 1.21 bits per heavy atom. The summed E-state index contributed by atoms with van der Waals surface area (Å²) >= 11 is 13.9. The fraction of sp³-hybridized carbons (Fsp3) is 0.611. The van der Waals surface area contributed by atoms with Crippen molar-refractivity contribution >= 4 is 53.2 Å². The van der Waals surface area contributed by atoms with Crippen LogP contribution in [0.1, 0.15) is 38.7 Å². The molecule has 0 atom stereocenters. The largest absolute Gasteiger partial charge is 0.303 e. The lowest BCUT2D eigenvalue weighted by atomic mass is 9.62. The highest BCUT2D eigenvalue weighted by molar-refractivity contribution is 7.99. The van der Waals surface area contributed by atoms with Gasteiger partial charge in [0.15, 0.2) is 5.78 Å². The van der Waals surface area contributed by atoms with E-state index in [0.29, 0.717) is 21.6 Å². The Morgan fingerprint density at radius 2 is 1.88 bits per heavy atom. The van der Waals surface area contributed by atoms with Crippen LogP contribution in [0.3, 0.4) is 0 Å². The van der Waals surface area contributed by atoms with Gasteiger partial charge in [-0.05, 0) is 43.6 Å². The molecule has 0 unspecified atom stereocenters. The molecule has 0 saturated heterocycles. The number of ketones is 1. The third-order valence-corrected chi connectivity index (χ3v) is 6.57. The molecule has 136 valence electrons. The van der Waals surface area contributed by atoms with E-state index in [-0.39, 0.29) is 17.8 Å². The molecule has 24 heavy (non-hydrogen) atoms. The van der Waals surface area contributed by atoms with E-state index in [1.807, 2.05) is 12.1 Å².